The van der Waals surface area contributed by atoms with Gasteiger partial charge in [-0.1, -0.05) is 37.3 Å². The Kier molecular flexibility index (Phi) is 3.00. The molecule has 0 unspecified atom stereocenters. The first-order valence-electron chi connectivity index (χ1n) is 5.54. The average Bonchev–Trinajstić information content (AvgIpc) is 2.25. The summed E-state index contributed by atoms with van der Waals surface area (Å²) in [6.45, 7) is 2.21. The number of Topliss-reactive ketones (excluding diaryl/α,β-unsaturated/α-hetero) is 1. The molecule has 1 aliphatic carbocycles. The molecule has 2 rings (SSSR count). The molecule has 1 saturated carbocycles. The first-order valence-corrected chi connectivity index (χ1v) is 5.54. The number of hydrogen-bond acceptors (Lipinski definition) is 1. The highest BCUT2D eigenvalue weighted by Gasteiger charge is 2.19. The van der Waals surface area contributed by atoms with Crippen molar-refractivity contribution in [2.45, 2.75) is 26.2 Å². The van der Waals surface area contributed by atoms with E-state index in [0.29, 0.717) is 11.7 Å². The van der Waals surface area contributed by atoms with Gasteiger partial charge in [-0.25, -0.2) is 0 Å². The van der Waals surface area contributed by atoms with Gasteiger partial charge in [-0.15, -0.1) is 0 Å². The summed E-state index contributed by atoms with van der Waals surface area (Å²) >= 11 is 0. The molecule has 1 fully saturated rings. The summed E-state index contributed by atoms with van der Waals surface area (Å²) in [6, 6.07) is 10.1. The quantitative estimate of drug-likeness (QED) is 0.634. The molecular weight excluding hydrogens is 184 g/mol. The van der Waals surface area contributed by atoms with Crippen molar-refractivity contribution in [3.8, 4) is 0 Å². The van der Waals surface area contributed by atoms with Crippen LogP contribution in [0.5, 0.6) is 0 Å². The highest BCUT2D eigenvalue weighted by atomic mass is 16.1. The lowest BCUT2D eigenvalue weighted by Crippen LogP contribution is -2.14. The fourth-order valence-corrected chi connectivity index (χ4v) is 2.02. The maximum Gasteiger partial charge on any atom is 0.158 e. The number of carbonyl (C=O) groups excluding carboxylic acids is 1. The summed E-state index contributed by atoms with van der Waals surface area (Å²) < 4.78 is 0. The summed E-state index contributed by atoms with van der Waals surface area (Å²) in [5.41, 5.74) is 2.13. The van der Waals surface area contributed by atoms with Crippen LogP contribution in [0.25, 0.3) is 6.08 Å². The van der Waals surface area contributed by atoms with Gasteiger partial charge >= 0.3 is 0 Å². The second-order valence-corrected chi connectivity index (χ2v) is 4.35. The predicted octanol–water partition coefficient (Wildman–Crippen LogP) is 3.46. The Morgan fingerprint density at radius 1 is 1.27 bits per heavy atom. The van der Waals surface area contributed by atoms with E-state index in [1.165, 1.54) is 0 Å². The van der Waals surface area contributed by atoms with E-state index in [-0.39, 0.29) is 0 Å². The van der Waals surface area contributed by atoms with Crippen molar-refractivity contribution in [1.82, 2.24) is 0 Å². The van der Waals surface area contributed by atoms with Gasteiger partial charge < -0.3 is 0 Å². The molecule has 78 valence electrons. The van der Waals surface area contributed by atoms with Crippen molar-refractivity contribution < 1.29 is 4.79 Å². The van der Waals surface area contributed by atoms with Crippen molar-refractivity contribution in [3.05, 3.63) is 41.5 Å². The van der Waals surface area contributed by atoms with Crippen LogP contribution in [0.4, 0.5) is 0 Å². The largest absolute Gasteiger partial charge is 0.295 e. The number of carbonyl (C=O) groups is 1. The van der Waals surface area contributed by atoms with Gasteiger partial charge in [0.25, 0.3) is 0 Å². The third kappa shape index (κ3) is 2.56. The van der Waals surface area contributed by atoms with Gasteiger partial charge in [-0.2, -0.15) is 0 Å². The van der Waals surface area contributed by atoms with Crippen LogP contribution in [-0.4, -0.2) is 5.78 Å². The number of rotatable bonds is 1. The van der Waals surface area contributed by atoms with E-state index in [2.05, 4.69) is 6.92 Å². The summed E-state index contributed by atoms with van der Waals surface area (Å²) in [6.07, 6.45) is 4.75. The minimum atomic E-state index is 0.331. The van der Waals surface area contributed by atoms with Crippen LogP contribution in [0.2, 0.25) is 0 Å². The Labute approximate surface area is 90.8 Å². The third-order valence-electron chi connectivity index (χ3n) is 2.93. The van der Waals surface area contributed by atoms with E-state index < -0.39 is 0 Å². The molecule has 0 aromatic heterocycles. The fourth-order valence-electron chi connectivity index (χ4n) is 2.02. The van der Waals surface area contributed by atoms with E-state index in [0.717, 1.165) is 30.4 Å². The Balaban J connectivity index is 2.22. The molecule has 1 aliphatic rings. The lowest BCUT2D eigenvalue weighted by molar-refractivity contribution is -0.116. The minimum Gasteiger partial charge on any atom is -0.295 e. The van der Waals surface area contributed by atoms with Gasteiger partial charge in [0.2, 0.25) is 0 Å². The standard InChI is InChI=1S/C14H16O/c1-11-7-8-14(15)13(9-11)10-12-5-3-2-4-6-12/h2-6,10-11H,7-9H2,1H3/b13-10-/t11-/m1/s1. The van der Waals surface area contributed by atoms with E-state index in [4.69, 9.17) is 0 Å². The van der Waals surface area contributed by atoms with Crippen LogP contribution in [0, 0.1) is 5.92 Å². The Bertz CT molecular complexity index is 376. The van der Waals surface area contributed by atoms with Crippen LogP contribution >= 0.6 is 0 Å². The summed E-state index contributed by atoms with van der Waals surface area (Å²) in [7, 11) is 0. The Hall–Kier alpha value is -1.37. The summed E-state index contributed by atoms with van der Waals surface area (Å²) in [5.74, 6) is 0.981. The van der Waals surface area contributed by atoms with Crippen LogP contribution in [0.3, 0.4) is 0 Å². The second kappa shape index (κ2) is 4.43. The Morgan fingerprint density at radius 3 is 2.73 bits per heavy atom. The normalized spacial score (nSPS) is 24.5. The number of hydrogen-bond donors (Lipinski definition) is 0. The number of ketones is 1. The smallest absolute Gasteiger partial charge is 0.158 e. The zero-order chi connectivity index (χ0) is 10.7. The van der Waals surface area contributed by atoms with Crippen molar-refractivity contribution in [2.24, 2.45) is 5.92 Å². The van der Waals surface area contributed by atoms with Gasteiger partial charge in [0.1, 0.15) is 0 Å². The van der Waals surface area contributed by atoms with Crippen molar-refractivity contribution in [3.63, 3.8) is 0 Å². The van der Waals surface area contributed by atoms with Gasteiger partial charge in [0.05, 0.1) is 0 Å². The van der Waals surface area contributed by atoms with Gasteiger partial charge in [-0.3, -0.25) is 4.79 Å². The molecule has 1 heteroatoms. The van der Waals surface area contributed by atoms with Crippen molar-refractivity contribution in [2.75, 3.05) is 0 Å². The lowest BCUT2D eigenvalue weighted by Gasteiger charge is -2.19. The first-order chi connectivity index (χ1) is 7.25. The van der Waals surface area contributed by atoms with Gasteiger partial charge in [-0.05, 0) is 36.0 Å². The maximum atomic E-state index is 11.7. The molecule has 0 saturated heterocycles. The highest BCUT2D eigenvalue weighted by Crippen LogP contribution is 2.26. The van der Waals surface area contributed by atoms with Gasteiger partial charge in [0.15, 0.2) is 5.78 Å². The monoisotopic (exact) mass is 200 g/mol. The van der Waals surface area contributed by atoms with Crippen LogP contribution in [0.1, 0.15) is 31.7 Å². The topological polar surface area (TPSA) is 17.1 Å². The molecule has 1 aromatic rings. The van der Waals surface area contributed by atoms with E-state index >= 15 is 0 Å². The average molecular weight is 200 g/mol. The van der Waals surface area contributed by atoms with Crippen LogP contribution in [0.15, 0.2) is 35.9 Å². The SMILES string of the molecule is C[C@@H]1CCC(=O)/C(=C\c2ccccc2)C1. The molecule has 0 bridgehead atoms. The molecule has 0 heterocycles. The van der Waals surface area contributed by atoms with Crippen LogP contribution in [-0.2, 0) is 4.79 Å². The highest BCUT2D eigenvalue weighted by molar-refractivity contribution is 6.00. The summed E-state index contributed by atoms with van der Waals surface area (Å²) in [4.78, 5) is 11.7. The minimum absolute atomic E-state index is 0.331. The molecule has 0 amide bonds. The molecule has 0 N–H and O–H groups in total. The van der Waals surface area contributed by atoms with Crippen molar-refractivity contribution >= 4 is 11.9 Å². The van der Waals surface area contributed by atoms with E-state index in [1.54, 1.807) is 0 Å². The zero-order valence-electron chi connectivity index (χ0n) is 9.07. The molecule has 1 aromatic carbocycles. The molecule has 15 heavy (non-hydrogen) atoms. The van der Waals surface area contributed by atoms with Gasteiger partial charge in [0, 0.05) is 6.42 Å². The maximum absolute atomic E-state index is 11.7. The molecular formula is C14H16O. The fraction of sp³-hybridized carbons (Fsp3) is 0.357. The number of benzene rings is 1. The zero-order valence-corrected chi connectivity index (χ0v) is 9.07. The predicted molar refractivity (Wildman–Crippen MR) is 62.4 cm³/mol. The van der Waals surface area contributed by atoms with E-state index in [1.807, 2.05) is 36.4 Å². The third-order valence-corrected chi connectivity index (χ3v) is 2.93. The molecule has 0 aliphatic heterocycles. The van der Waals surface area contributed by atoms with E-state index in [9.17, 15) is 4.79 Å². The Morgan fingerprint density at radius 2 is 2.00 bits per heavy atom. The second-order valence-electron chi connectivity index (χ2n) is 4.35. The molecule has 1 nitrogen and oxygen atoms in total. The lowest BCUT2D eigenvalue weighted by atomic mass is 9.85. The van der Waals surface area contributed by atoms with Crippen molar-refractivity contribution in [1.29, 1.82) is 0 Å². The summed E-state index contributed by atoms with van der Waals surface area (Å²) in [5, 5.41) is 0. The first kappa shape index (κ1) is 10.2. The number of allylic oxidation sites excluding steroid dienone is 1. The van der Waals surface area contributed by atoms with Crippen LogP contribution < -0.4 is 0 Å². The molecule has 0 radical (unpaired) electrons. The molecule has 0 spiro atoms. The molecule has 1 atom stereocenters.